The molecule has 14 heavy (non-hydrogen) atoms. The molecule has 0 aliphatic heterocycles. The maximum atomic E-state index is 2.36. The lowest BCUT2D eigenvalue weighted by Gasteiger charge is -2.17. The Morgan fingerprint density at radius 2 is 1.71 bits per heavy atom. The van der Waals surface area contributed by atoms with Crippen LogP contribution in [-0.4, -0.2) is 10.3 Å². The van der Waals surface area contributed by atoms with Crippen molar-refractivity contribution in [3.05, 3.63) is 30.3 Å². The predicted octanol–water partition coefficient (Wildman–Crippen LogP) is 4.27. The molecule has 1 atom stereocenters. The van der Waals surface area contributed by atoms with Gasteiger partial charge in [-0.1, -0.05) is 32.0 Å². The first-order valence-electron chi connectivity index (χ1n) is 4.89. The van der Waals surface area contributed by atoms with Gasteiger partial charge in [-0.25, -0.2) is 0 Å². The van der Waals surface area contributed by atoms with Crippen molar-refractivity contribution < 1.29 is 0 Å². The first-order chi connectivity index (χ1) is 6.60. The Hall–Kier alpha value is -0.0800. The Bertz CT molecular complexity index is 318. The van der Waals surface area contributed by atoms with E-state index in [-0.39, 0.29) is 0 Å². The largest absolute Gasteiger partial charge is 0.147 e. The fourth-order valence-electron chi connectivity index (χ4n) is 1.78. The highest BCUT2D eigenvalue weighted by molar-refractivity contribution is 8.18. The lowest BCUT2D eigenvalue weighted by atomic mass is 10.2. The van der Waals surface area contributed by atoms with E-state index >= 15 is 0 Å². The molecule has 0 spiro atoms. The van der Waals surface area contributed by atoms with E-state index in [9.17, 15) is 0 Å². The standard InChI is InChI=1S/C12H16S2/c1-11(2)9-12(11,13-3)14-10-7-5-4-6-8-10/h4-8H,9H2,1-3H3/t12-/m0/s1. The summed E-state index contributed by atoms with van der Waals surface area (Å²) >= 11 is 4.03. The summed E-state index contributed by atoms with van der Waals surface area (Å²) in [5.74, 6) is 0. The summed E-state index contributed by atoms with van der Waals surface area (Å²) < 4.78 is 0.425. The van der Waals surface area contributed by atoms with E-state index in [2.05, 4.69) is 50.4 Å². The maximum Gasteiger partial charge on any atom is 0.0712 e. The molecule has 0 N–H and O–H groups in total. The quantitative estimate of drug-likeness (QED) is 0.703. The molecule has 1 fully saturated rings. The molecule has 0 amide bonds. The number of thioether (sulfide) groups is 2. The first kappa shape index (κ1) is 10.4. The summed E-state index contributed by atoms with van der Waals surface area (Å²) in [4.78, 5) is 1.40. The minimum atomic E-state index is 0.425. The van der Waals surface area contributed by atoms with Gasteiger partial charge < -0.3 is 0 Å². The Morgan fingerprint density at radius 3 is 2.14 bits per heavy atom. The molecule has 1 saturated carbocycles. The van der Waals surface area contributed by atoms with Gasteiger partial charge in [0, 0.05) is 4.90 Å². The summed E-state index contributed by atoms with van der Waals surface area (Å²) in [5.41, 5.74) is 0.493. The smallest absolute Gasteiger partial charge is 0.0712 e. The average Bonchev–Trinajstić information content (AvgIpc) is 2.70. The van der Waals surface area contributed by atoms with Crippen molar-refractivity contribution in [1.82, 2.24) is 0 Å². The van der Waals surface area contributed by atoms with E-state index < -0.39 is 0 Å². The summed E-state index contributed by atoms with van der Waals surface area (Å²) in [6, 6.07) is 10.7. The molecule has 0 bridgehead atoms. The van der Waals surface area contributed by atoms with Gasteiger partial charge in [0.05, 0.1) is 4.08 Å². The van der Waals surface area contributed by atoms with Crippen LogP contribution in [0.5, 0.6) is 0 Å². The van der Waals surface area contributed by atoms with E-state index in [4.69, 9.17) is 0 Å². The molecule has 0 saturated heterocycles. The third-order valence-corrected chi connectivity index (χ3v) is 6.58. The van der Waals surface area contributed by atoms with Crippen LogP contribution in [0, 0.1) is 5.41 Å². The van der Waals surface area contributed by atoms with Gasteiger partial charge in [-0.15, -0.1) is 23.5 Å². The Kier molecular flexibility index (Phi) is 2.61. The summed E-state index contributed by atoms with van der Waals surface area (Å²) in [7, 11) is 0. The molecular weight excluding hydrogens is 208 g/mol. The third kappa shape index (κ3) is 1.70. The highest BCUT2D eigenvalue weighted by Crippen LogP contribution is 2.70. The van der Waals surface area contributed by atoms with Crippen molar-refractivity contribution in [1.29, 1.82) is 0 Å². The molecule has 0 aromatic heterocycles. The van der Waals surface area contributed by atoms with Gasteiger partial charge in [-0.05, 0) is 30.2 Å². The molecular formula is C12H16S2. The molecule has 2 heteroatoms. The highest BCUT2D eigenvalue weighted by atomic mass is 32.2. The van der Waals surface area contributed by atoms with Crippen LogP contribution in [0.1, 0.15) is 20.3 Å². The van der Waals surface area contributed by atoms with Crippen molar-refractivity contribution in [2.45, 2.75) is 29.2 Å². The van der Waals surface area contributed by atoms with Gasteiger partial charge >= 0.3 is 0 Å². The summed E-state index contributed by atoms with van der Waals surface area (Å²) in [6.45, 7) is 4.72. The fraction of sp³-hybridized carbons (Fsp3) is 0.500. The van der Waals surface area contributed by atoms with Gasteiger partial charge in [0.15, 0.2) is 0 Å². The van der Waals surface area contributed by atoms with Gasteiger partial charge in [0.1, 0.15) is 0 Å². The molecule has 1 aromatic carbocycles. The van der Waals surface area contributed by atoms with Crippen LogP contribution in [-0.2, 0) is 0 Å². The summed E-state index contributed by atoms with van der Waals surface area (Å²) in [6.07, 6.45) is 3.55. The topological polar surface area (TPSA) is 0 Å². The van der Waals surface area contributed by atoms with Crippen LogP contribution in [0.15, 0.2) is 35.2 Å². The van der Waals surface area contributed by atoms with Crippen molar-refractivity contribution in [2.24, 2.45) is 5.41 Å². The van der Waals surface area contributed by atoms with Crippen molar-refractivity contribution in [3.8, 4) is 0 Å². The molecule has 0 heterocycles. The Morgan fingerprint density at radius 1 is 1.14 bits per heavy atom. The molecule has 1 aromatic rings. The normalized spacial score (nSPS) is 28.8. The molecule has 76 valence electrons. The van der Waals surface area contributed by atoms with E-state index in [1.54, 1.807) is 0 Å². The molecule has 0 radical (unpaired) electrons. The third-order valence-electron chi connectivity index (χ3n) is 2.94. The zero-order chi connectivity index (χ0) is 10.2. The monoisotopic (exact) mass is 224 g/mol. The minimum absolute atomic E-state index is 0.425. The molecule has 1 aliphatic rings. The van der Waals surface area contributed by atoms with Gasteiger partial charge in [0.2, 0.25) is 0 Å². The van der Waals surface area contributed by atoms with E-state index in [1.807, 2.05) is 23.5 Å². The van der Waals surface area contributed by atoms with E-state index in [0.29, 0.717) is 9.49 Å². The van der Waals surface area contributed by atoms with E-state index in [0.717, 1.165) is 0 Å². The first-order valence-corrected chi connectivity index (χ1v) is 6.93. The van der Waals surface area contributed by atoms with Crippen LogP contribution in [0.3, 0.4) is 0 Å². The van der Waals surface area contributed by atoms with Crippen LogP contribution in [0.4, 0.5) is 0 Å². The molecule has 0 unspecified atom stereocenters. The number of hydrogen-bond donors (Lipinski definition) is 0. The second-order valence-corrected chi connectivity index (χ2v) is 7.17. The van der Waals surface area contributed by atoms with Crippen LogP contribution < -0.4 is 0 Å². The number of benzene rings is 1. The van der Waals surface area contributed by atoms with Gasteiger partial charge in [-0.2, -0.15) is 0 Å². The fourth-order valence-corrected chi connectivity index (χ4v) is 4.84. The molecule has 1 aliphatic carbocycles. The number of rotatable bonds is 3. The zero-order valence-electron chi connectivity index (χ0n) is 8.91. The average molecular weight is 224 g/mol. The SMILES string of the molecule is CS[C@]1(Sc2ccccc2)CC1(C)C. The van der Waals surface area contributed by atoms with Crippen LogP contribution in [0.25, 0.3) is 0 Å². The molecule has 0 nitrogen and oxygen atoms in total. The summed E-state index contributed by atoms with van der Waals surface area (Å²) in [5, 5.41) is 0. The van der Waals surface area contributed by atoms with Gasteiger partial charge in [-0.3, -0.25) is 0 Å². The van der Waals surface area contributed by atoms with Crippen LogP contribution in [0.2, 0.25) is 0 Å². The maximum absolute atomic E-state index is 2.36. The Labute approximate surface area is 94.9 Å². The second kappa shape index (κ2) is 3.49. The van der Waals surface area contributed by atoms with E-state index in [1.165, 1.54) is 11.3 Å². The predicted molar refractivity (Wildman–Crippen MR) is 66.9 cm³/mol. The lowest BCUT2D eigenvalue weighted by molar-refractivity contribution is 0.646. The van der Waals surface area contributed by atoms with Crippen molar-refractivity contribution in [2.75, 3.05) is 6.26 Å². The minimum Gasteiger partial charge on any atom is -0.147 e. The zero-order valence-corrected chi connectivity index (χ0v) is 10.5. The van der Waals surface area contributed by atoms with Gasteiger partial charge in [0.25, 0.3) is 0 Å². The van der Waals surface area contributed by atoms with Crippen molar-refractivity contribution in [3.63, 3.8) is 0 Å². The second-order valence-electron chi connectivity index (χ2n) is 4.43. The van der Waals surface area contributed by atoms with Crippen LogP contribution >= 0.6 is 23.5 Å². The lowest BCUT2D eigenvalue weighted by Crippen LogP contribution is -2.05. The van der Waals surface area contributed by atoms with Crippen molar-refractivity contribution >= 4 is 23.5 Å². The molecule has 2 rings (SSSR count). The highest BCUT2D eigenvalue weighted by Gasteiger charge is 2.61. The Balaban J connectivity index is 2.12. The number of hydrogen-bond acceptors (Lipinski definition) is 2.